The molecule has 0 radical (unpaired) electrons. The fraction of sp³-hybridized carbons (Fsp3) is 0.333. The number of nitrogens with zero attached hydrogens (tertiary/aromatic N) is 3. The molecule has 2 atom stereocenters. The van der Waals surface area contributed by atoms with Gasteiger partial charge in [0.25, 0.3) is 0 Å². The van der Waals surface area contributed by atoms with E-state index in [0.29, 0.717) is 6.42 Å². The molecule has 0 fully saturated rings. The van der Waals surface area contributed by atoms with Crippen molar-refractivity contribution in [3.05, 3.63) is 120 Å². The van der Waals surface area contributed by atoms with E-state index in [0.717, 1.165) is 19.5 Å². The molecule has 6 nitrogen and oxygen atoms in total. The number of rotatable bonds is 9. The molecule has 0 saturated carbocycles. The van der Waals surface area contributed by atoms with Crippen LogP contribution in [0.1, 0.15) is 51.7 Å². The minimum Gasteiger partial charge on any atom is -0.396 e. The topological polar surface area (TPSA) is 58.0 Å². The maximum absolute atomic E-state index is 9.88. The molecule has 6 aromatic rings. The van der Waals surface area contributed by atoms with Gasteiger partial charge in [0.2, 0.25) is 0 Å². The molecular weight excluding hydrogens is 629 g/mol. The fourth-order valence-corrected chi connectivity index (χ4v) is 9.71. The quantitative estimate of drug-likeness (QED) is 0.137. The number of fused-ring (bicyclic) bond motifs is 10. The number of nitrogens with one attached hydrogen (secondary N) is 1. The first kappa shape index (κ1) is 33.5. The van der Waals surface area contributed by atoms with Crippen molar-refractivity contribution in [3.8, 4) is 0 Å². The van der Waals surface area contributed by atoms with Gasteiger partial charge in [-0.1, -0.05) is 68.5 Å². The lowest BCUT2D eigenvalue weighted by Crippen LogP contribution is -3.10. The number of allylic oxidation sites excluding steroid dienone is 5. The molecule has 0 spiro atoms. The highest BCUT2D eigenvalue weighted by Gasteiger charge is 2.49. The summed E-state index contributed by atoms with van der Waals surface area (Å²) < 4.78 is 4.64. The highest BCUT2D eigenvalue weighted by atomic mass is 16.3. The number of aromatic nitrogens is 2. The molecule has 51 heavy (non-hydrogen) atoms. The van der Waals surface area contributed by atoms with E-state index in [2.05, 4.69) is 159 Å². The van der Waals surface area contributed by atoms with Gasteiger partial charge in [0.05, 0.1) is 12.0 Å². The van der Waals surface area contributed by atoms with Crippen molar-refractivity contribution in [2.45, 2.75) is 57.4 Å². The van der Waals surface area contributed by atoms with Gasteiger partial charge in [0.1, 0.15) is 11.7 Å². The Morgan fingerprint density at radius 3 is 1.94 bits per heavy atom. The minimum absolute atomic E-state index is 0.118. The van der Waals surface area contributed by atoms with Crippen LogP contribution in [-0.4, -0.2) is 51.7 Å². The number of hydrogen-bond acceptors (Lipinski definition) is 3. The zero-order valence-corrected chi connectivity index (χ0v) is 30.9. The minimum atomic E-state index is -0.230. The maximum atomic E-state index is 9.88. The Kier molecular flexibility index (Phi) is 8.25. The van der Waals surface area contributed by atoms with Gasteiger partial charge in [0, 0.05) is 112 Å². The van der Waals surface area contributed by atoms with Crippen LogP contribution in [0.15, 0.2) is 109 Å². The summed E-state index contributed by atoms with van der Waals surface area (Å²) in [7, 11) is 4.33. The summed E-state index contributed by atoms with van der Waals surface area (Å²) in [6.07, 6.45) is 12.7. The highest BCUT2D eigenvalue weighted by Crippen LogP contribution is 2.52. The smallest absolute Gasteiger partial charge is 0.136 e. The van der Waals surface area contributed by atoms with E-state index in [4.69, 9.17) is 0 Å². The first-order valence-electron chi connectivity index (χ1n) is 18.5. The molecule has 6 heteroatoms. The van der Waals surface area contributed by atoms with Crippen LogP contribution in [-0.2, 0) is 24.9 Å². The number of aliphatic hydroxyl groups excluding tert-OH is 2. The molecule has 4 aromatic carbocycles. The number of quaternary nitrogens is 1. The van der Waals surface area contributed by atoms with E-state index >= 15 is 0 Å². The Morgan fingerprint density at radius 2 is 1.29 bits per heavy atom. The van der Waals surface area contributed by atoms with Crippen LogP contribution in [0.2, 0.25) is 0 Å². The molecule has 0 bridgehead atoms. The van der Waals surface area contributed by atoms with E-state index in [1.54, 1.807) is 0 Å². The summed E-state index contributed by atoms with van der Waals surface area (Å²) in [5, 5.41) is 25.0. The number of aliphatic hydroxyl groups is 2. The second-order valence-corrected chi connectivity index (χ2v) is 15.6. The predicted octanol–water partition coefficient (Wildman–Crippen LogP) is 7.71. The summed E-state index contributed by atoms with van der Waals surface area (Å²) in [4.78, 5) is 3.84. The van der Waals surface area contributed by atoms with Crippen molar-refractivity contribution in [2.75, 3.05) is 31.2 Å². The van der Waals surface area contributed by atoms with Crippen molar-refractivity contribution < 1.29 is 15.1 Å². The zero-order valence-electron chi connectivity index (χ0n) is 30.9. The van der Waals surface area contributed by atoms with Crippen molar-refractivity contribution in [2.24, 2.45) is 14.1 Å². The van der Waals surface area contributed by atoms with Crippen LogP contribution < -0.4 is 9.80 Å². The Bertz CT molecular complexity index is 2400. The van der Waals surface area contributed by atoms with Gasteiger partial charge in [-0.3, -0.25) is 4.90 Å². The van der Waals surface area contributed by atoms with E-state index < -0.39 is 0 Å². The molecular formula is C45H51N4O2+. The first-order valence-corrected chi connectivity index (χ1v) is 18.5. The monoisotopic (exact) mass is 679 g/mol. The molecule has 0 aliphatic carbocycles. The third kappa shape index (κ3) is 4.95. The summed E-state index contributed by atoms with van der Waals surface area (Å²) in [6.45, 7) is 11.5. The van der Waals surface area contributed by atoms with E-state index in [1.807, 2.05) is 0 Å². The Balaban J connectivity index is 1.17. The average Bonchev–Trinajstić information content (AvgIpc) is 3.74. The Hall–Kier alpha value is -4.62. The van der Waals surface area contributed by atoms with Crippen molar-refractivity contribution in [1.29, 1.82) is 0 Å². The van der Waals surface area contributed by atoms with E-state index in [1.165, 1.54) is 76.7 Å². The standard InChI is InChI=1S/C45H50N4O2/c1-44(2)38(48(26-14-28-50)36-24-22-34-40(42(36)44)30-16-10-12-18-32(30)46(34)5)20-8-7-9-21-39-45(3,4)43-37(49(39)27-15-29-51)25-23-35-41(43)31-17-11-13-19-33(31)47(35)6/h7-13,16-25,38,50-51H,14-15,26-29H2,1-6H3/p+1/b9-7+,20-8+,39-21+. The molecule has 262 valence electrons. The van der Waals surface area contributed by atoms with Crippen LogP contribution in [0.25, 0.3) is 43.6 Å². The van der Waals surface area contributed by atoms with Gasteiger partial charge in [-0.05, 0) is 68.3 Å². The third-order valence-electron chi connectivity index (χ3n) is 12.1. The number of hydrogen-bond donors (Lipinski definition) is 3. The van der Waals surface area contributed by atoms with Gasteiger partial charge in [-0.15, -0.1) is 0 Å². The Morgan fingerprint density at radius 1 is 0.686 bits per heavy atom. The number of anilines is 1. The average molecular weight is 680 g/mol. The summed E-state index contributed by atoms with van der Waals surface area (Å²) >= 11 is 0. The molecule has 4 heterocycles. The van der Waals surface area contributed by atoms with Crippen molar-refractivity contribution in [3.63, 3.8) is 0 Å². The van der Waals surface area contributed by atoms with Gasteiger partial charge < -0.3 is 24.2 Å². The molecule has 2 aliphatic rings. The van der Waals surface area contributed by atoms with E-state index in [9.17, 15) is 10.2 Å². The molecule has 0 amide bonds. The highest BCUT2D eigenvalue weighted by molar-refractivity contribution is 6.13. The van der Waals surface area contributed by atoms with Crippen LogP contribution in [0.4, 0.5) is 11.4 Å². The number of para-hydroxylation sites is 2. The van der Waals surface area contributed by atoms with Crippen LogP contribution in [0.5, 0.6) is 0 Å². The second kappa shape index (κ2) is 12.6. The van der Waals surface area contributed by atoms with Crippen molar-refractivity contribution >= 4 is 55.0 Å². The van der Waals surface area contributed by atoms with Gasteiger partial charge >= 0.3 is 0 Å². The summed E-state index contributed by atoms with van der Waals surface area (Å²) in [5.74, 6) is 0. The molecule has 8 rings (SSSR count). The normalized spacial score (nSPS) is 20.4. The third-order valence-corrected chi connectivity index (χ3v) is 12.1. The van der Waals surface area contributed by atoms with Gasteiger partial charge in [-0.2, -0.15) is 0 Å². The largest absolute Gasteiger partial charge is 0.396 e. The lowest BCUT2D eigenvalue weighted by molar-refractivity contribution is -0.850. The number of benzene rings is 4. The SMILES string of the molecule is Cn1c2ccccc2c2c3c(ccc21)N(CCCO)/C(=C/C=C/C=C/C1[NH+](CCCO)c2ccc4c(c2C1(C)C)c1ccccc1n4C)C3(C)C. The molecule has 3 N–H and O–H groups in total. The number of aryl methyl sites for hydroxylation is 2. The summed E-state index contributed by atoms with van der Waals surface area (Å²) in [6, 6.07) is 26.8. The zero-order chi connectivity index (χ0) is 35.7. The van der Waals surface area contributed by atoms with Gasteiger partial charge in [0.15, 0.2) is 0 Å². The van der Waals surface area contributed by atoms with Crippen LogP contribution in [0, 0.1) is 0 Å². The first-order chi connectivity index (χ1) is 24.6. The fourth-order valence-electron chi connectivity index (χ4n) is 9.71. The second-order valence-electron chi connectivity index (χ2n) is 15.6. The summed E-state index contributed by atoms with van der Waals surface area (Å²) in [5.41, 5.74) is 11.3. The van der Waals surface area contributed by atoms with Crippen molar-refractivity contribution in [1.82, 2.24) is 9.13 Å². The van der Waals surface area contributed by atoms with Gasteiger partial charge in [-0.25, -0.2) is 0 Å². The Labute approximate surface area is 301 Å². The molecule has 2 aliphatic heterocycles. The molecule has 2 aromatic heterocycles. The van der Waals surface area contributed by atoms with E-state index in [-0.39, 0.29) is 30.1 Å². The molecule has 0 saturated heterocycles. The van der Waals surface area contributed by atoms with Crippen LogP contribution in [0.3, 0.4) is 0 Å². The molecule has 2 unspecified atom stereocenters. The van der Waals surface area contributed by atoms with Crippen LogP contribution >= 0.6 is 0 Å². The maximum Gasteiger partial charge on any atom is 0.136 e. The lowest BCUT2D eigenvalue weighted by Gasteiger charge is -2.27. The lowest BCUT2D eigenvalue weighted by atomic mass is 9.78. The predicted molar refractivity (Wildman–Crippen MR) is 213 cm³/mol.